The summed E-state index contributed by atoms with van der Waals surface area (Å²) in [6.07, 6.45) is 8.96. The Balaban J connectivity index is 1.63. The van der Waals surface area contributed by atoms with Gasteiger partial charge < -0.3 is 14.8 Å². The fourth-order valence-corrected chi connectivity index (χ4v) is 5.23. The van der Waals surface area contributed by atoms with Crippen LogP contribution in [0.5, 0.6) is 0 Å². The molecule has 3 heterocycles. The predicted octanol–water partition coefficient (Wildman–Crippen LogP) is 5.62. The molecule has 0 unspecified atom stereocenters. The Morgan fingerprint density at radius 3 is 2.67 bits per heavy atom. The number of aromatic nitrogens is 2. The van der Waals surface area contributed by atoms with Crippen molar-refractivity contribution in [2.45, 2.75) is 50.7 Å². The average Bonchev–Trinajstić information content (AvgIpc) is 3.49. The molecule has 2 aliphatic rings. The molecular formula is C24H25FN4S. The van der Waals surface area contributed by atoms with Crippen LogP contribution in [0.1, 0.15) is 60.8 Å². The smallest absolute Gasteiger partial charge is 0.174 e. The molecule has 1 N–H and O–H groups in total. The maximum absolute atomic E-state index is 14.0. The van der Waals surface area contributed by atoms with Gasteiger partial charge in [0.25, 0.3) is 0 Å². The van der Waals surface area contributed by atoms with E-state index in [0.29, 0.717) is 16.7 Å². The van der Waals surface area contributed by atoms with Crippen LogP contribution in [0.25, 0.3) is 0 Å². The molecule has 1 aliphatic carbocycles. The molecule has 1 saturated carbocycles. The van der Waals surface area contributed by atoms with Crippen molar-refractivity contribution in [2.75, 3.05) is 4.90 Å². The van der Waals surface area contributed by atoms with Crippen LogP contribution in [0, 0.1) is 12.7 Å². The molecule has 1 aliphatic heterocycles. The Bertz CT molecular complexity index is 1060. The first-order chi connectivity index (χ1) is 14.6. The summed E-state index contributed by atoms with van der Waals surface area (Å²) in [6, 6.07) is 15.9. The summed E-state index contributed by atoms with van der Waals surface area (Å²) < 4.78 is 16.4. The molecule has 2 fully saturated rings. The van der Waals surface area contributed by atoms with Gasteiger partial charge >= 0.3 is 0 Å². The Morgan fingerprint density at radius 2 is 1.93 bits per heavy atom. The van der Waals surface area contributed by atoms with E-state index in [1.165, 1.54) is 37.4 Å². The fraction of sp³-hybridized carbons (Fsp3) is 0.333. The molecule has 0 spiro atoms. The standard InChI is InChI=1S/C24H25FN4S/c1-16-15-18(11-12-19(16)25)29-23(21-10-6-14-28(21)17-7-2-3-8-17)22(27-24(29)30)20-9-4-5-13-26-20/h4-6,9-15,17,22-23H,2-3,7-8H2,1H3,(H,27,30)/t22-,23+/m0/s1. The minimum Gasteiger partial charge on any atom is -0.351 e. The van der Waals surface area contributed by atoms with Crippen molar-refractivity contribution < 1.29 is 4.39 Å². The number of benzene rings is 1. The molecule has 0 radical (unpaired) electrons. The first kappa shape index (κ1) is 19.2. The lowest BCUT2D eigenvalue weighted by atomic mass is 10.00. The van der Waals surface area contributed by atoms with Crippen molar-refractivity contribution in [3.63, 3.8) is 0 Å². The zero-order valence-electron chi connectivity index (χ0n) is 17.0. The SMILES string of the molecule is Cc1cc(N2C(=S)N[C@@H](c3ccccn3)[C@H]2c2cccn2C2CCCC2)ccc1F. The summed E-state index contributed by atoms with van der Waals surface area (Å²) in [5, 5.41) is 4.14. The molecule has 1 aromatic carbocycles. The lowest BCUT2D eigenvalue weighted by molar-refractivity contribution is 0.461. The van der Waals surface area contributed by atoms with Gasteiger partial charge in [0.1, 0.15) is 11.9 Å². The number of hydrogen-bond acceptors (Lipinski definition) is 2. The van der Waals surface area contributed by atoms with Crippen LogP contribution in [0.3, 0.4) is 0 Å². The highest BCUT2D eigenvalue weighted by molar-refractivity contribution is 7.80. The maximum atomic E-state index is 14.0. The highest BCUT2D eigenvalue weighted by atomic mass is 32.1. The molecule has 154 valence electrons. The second kappa shape index (κ2) is 7.84. The van der Waals surface area contributed by atoms with Gasteiger partial charge in [-0.25, -0.2) is 4.39 Å². The largest absolute Gasteiger partial charge is 0.351 e. The van der Waals surface area contributed by atoms with Crippen LogP contribution in [-0.2, 0) is 0 Å². The van der Waals surface area contributed by atoms with E-state index in [2.05, 4.69) is 38.1 Å². The minimum absolute atomic E-state index is 0.0622. The second-order valence-electron chi connectivity index (χ2n) is 8.21. The third kappa shape index (κ3) is 3.29. The van der Waals surface area contributed by atoms with E-state index in [9.17, 15) is 4.39 Å². The lowest BCUT2D eigenvalue weighted by Gasteiger charge is -2.30. The van der Waals surface area contributed by atoms with E-state index < -0.39 is 0 Å². The quantitative estimate of drug-likeness (QED) is 0.555. The first-order valence-electron chi connectivity index (χ1n) is 10.6. The lowest BCUT2D eigenvalue weighted by Crippen LogP contribution is -2.30. The van der Waals surface area contributed by atoms with Crippen molar-refractivity contribution in [1.29, 1.82) is 0 Å². The van der Waals surface area contributed by atoms with Crippen LogP contribution >= 0.6 is 12.2 Å². The van der Waals surface area contributed by atoms with Gasteiger partial charge in [-0.3, -0.25) is 4.98 Å². The van der Waals surface area contributed by atoms with Gasteiger partial charge in [0.2, 0.25) is 0 Å². The number of hydrogen-bond donors (Lipinski definition) is 1. The van der Waals surface area contributed by atoms with E-state index in [-0.39, 0.29) is 17.9 Å². The third-order valence-electron chi connectivity index (χ3n) is 6.35. The highest BCUT2D eigenvalue weighted by Gasteiger charge is 2.42. The maximum Gasteiger partial charge on any atom is 0.174 e. The summed E-state index contributed by atoms with van der Waals surface area (Å²) in [5.74, 6) is -0.205. The third-order valence-corrected chi connectivity index (χ3v) is 6.67. The molecule has 5 rings (SSSR count). The number of halogens is 1. The zero-order valence-corrected chi connectivity index (χ0v) is 17.8. The number of nitrogens with zero attached hydrogens (tertiary/aromatic N) is 3. The second-order valence-corrected chi connectivity index (χ2v) is 8.60. The Kier molecular flexibility index (Phi) is 5.03. The van der Waals surface area contributed by atoms with E-state index >= 15 is 0 Å². The van der Waals surface area contributed by atoms with Crippen molar-refractivity contribution in [3.05, 3.63) is 83.7 Å². The van der Waals surface area contributed by atoms with Crippen molar-refractivity contribution >= 4 is 23.0 Å². The Morgan fingerprint density at radius 1 is 1.10 bits per heavy atom. The van der Waals surface area contributed by atoms with E-state index in [4.69, 9.17) is 12.2 Å². The number of anilines is 1. The molecule has 0 bridgehead atoms. The van der Waals surface area contributed by atoms with E-state index in [1.54, 1.807) is 6.92 Å². The van der Waals surface area contributed by atoms with Gasteiger partial charge in [0.05, 0.1) is 11.7 Å². The van der Waals surface area contributed by atoms with Gasteiger partial charge in [-0.05, 0) is 80.0 Å². The summed E-state index contributed by atoms with van der Waals surface area (Å²) >= 11 is 5.79. The number of thiocarbonyl (C=S) groups is 1. The molecular weight excluding hydrogens is 395 g/mol. The number of nitrogens with one attached hydrogen (secondary N) is 1. The van der Waals surface area contributed by atoms with Crippen molar-refractivity contribution in [1.82, 2.24) is 14.9 Å². The molecule has 30 heavy (non-hydrogen) atoms. The molecule has 2 aromatic heterocycles. The number of rotatable bonds is 4. The van der Waals surface area contributed by atoms with E-state index in [0.717, 1.165) is 11.4 Å². The molecule has 6 heteroatoms. The summed E-state index contributed by atoms with van der Waals surface area (Å²) in [4.78, 5) is 6.75. The van der Waals surface area contributed by atoms with Gasteiger partial charge in [-0.2, -0.15) is 0 Å². The van der Waals surface area contributed by atoms with Gasteiger partial charge in [0.15, 0.2) is 5.11 Å². The molecule has 3 aromatic rings. The topological polar surface area (TPSA) is 33.1 Å². The Labute approximate surface area is 181 Å². The molecule has 2 atom stereocenters. The Hall–Kier alpha value is -2.73. The number of pyridine rings is 1. The summed E-state index contributed by atoms with van der Waals surface area (Å²) in [6.45, 7) is 1.79. The normalized spacial score (nSPS) is 21.9. The summed E-state index contributed by atoms with van der Waals surface area (Å²) in [5.41, 5.74) is 3.67. The highest BCUT2D eigenvalue weighted by Crippen LogP contribution is 2.43. The van der Waals surface area contributed by atoms with Crippen LogP contribution < -0.4 is 10.2 Å². The van der Waals surface area contributed by atoms with Gasteiger partial charge in [-0.15, -0.1) is 0 Å². The first-order valence-corrected chi connectivity index (χ1v) is 11.0. The summed E-state index contributed by atoms with van der Waals surface area (Å²) in [7, 11) is 0. The minimum atomic E-state index is -0.205. The zero-order chi connectivity index (χ0) is 20.7. The van der Waals surface area contributed by atoms with Gasteiger partial charge in [-0.1, -0.05) is 18.9 Å². The van der Waals surface area contributed by atoms with Crippen LogP contribution in [0.15, 0.2) is 60.9 Å². The molecule has 0 amide bonds. The predicted molar refractivity (Wildman–Crippen MR) is 121 cm³/mol. The molecule has 1 saturated heterocycles. The number of aryl methyl sites for hydroxylation is 1. The monoisotopic (exact) mass is 420 g/mol. The van der Waals surface area contributed by atoms with Crippen LogP contribution in [0.4, 0.5) is 10.1 Å². The van der Waals surface area contributed by atoms with Crippen LogP contribution in [-0.4, -0.2) is 14.7 Å². The van der Waals surface area contributed by atoms with Crippen LogP contribution in [0.2, 0.25) is 0 Å². The van der Waals surface area contributed by atoms with Crippen molar-refractivity contribution in [3.8, 4) is 0 Å². The van der Waals surface area contributed by atoms with Gasteiger partial charge in [0, 0.05) is 29.8 Å². The average molecular weight is 421 g/mol. The van der Waals surface area contributed by atoms with E-state index in [1.807, 2.05) is 36.5 Å². The fourth-order valence-electron chi connectivity index (χ4n) is 4.88. The molecule has 4 nitrogen and oxygen atoms in total. The van der Waals surface area contributed by atoms with Crippen molar-refractivity contribution in [2.24, 2.45) is 0 Å².